The van der Waals surface area contributed by atoms with Crippen LogP contribution in [0.15, 0.2) is 47.6 Å². The summed E-state index contributed by atoms with van der Waals surface area (Å²) in [5.74, 6) is 1.42. The average Bonchev–Trinajstić information content (AvgIpc) is 3.02. The van der Waals surface area contributed by atoms with E-state index >= 15 is 0 Å². The first kappa shape index (κ1) is 20.5. The molecule has 1 amide bonds. The van der Waals surface area contributed by atoms with Crippen molar-refractivity contribution in [2.75, 3.05) is 11.1 Å². The summed E-state index contributed by atoms with van der Waals surface area (Å²) in [5, 5.41) is 12.6. The van der Waals surface area contributed by atoms with Gasteiger partial charge in [0.25, 0.3) is 0 Å². The molecule has 9 heteroatoms. The lowest BCUT2D eigenvalue weighted by Crippen LogP contribution is -2.15. The van der Waals surface area contributed by atoms with Gasteiger partial charge in [0, 0.05) is 12.1 Å². The third-order valence-electron chi connectivity index (χ3n) is 3.91. The molecule has 1 aromatic heterocycles. The minimum Gasteiger partial charge on any atom is -0.485 e. The largest absolute Gasteiger partial charge is 0.485 e. The van der Waals surface area contributed by atoms with Gasteiger partial charge in [-0.2, -0.15) is 0 Å². The fraction of sp³-hybridized carbons (Fsp3) is 0.211. The molecule has 1 N–H and O–H groups in total. The van der Waals surface area contributed by atoms with Gasteiger partial charge in [-0.25, -0.2) is 0 Å². The van der Waals surface area contributed by atoms with Crippen LogP contribution in [0.25, 0.3) is 0 Å². The highest BCUT2D eigenvalue weighted by Crippen LogP contribution is 2.26. The normalized spacial score (nSPS) is 10.7. The molecule has 6 nitrogen and oxygen atoms in total. The van der Waals surface area contributed by atoms with Gasteiger partial charge in [-0.1, -0.05) is 53.2 Å². The van der Waals surface area contributed by atoms with E-state index in [0.29, 0.717) is 33.3 Å². The summed E-state index contributed by atoms with van der Waals surface area (Å²) in [6, 6.07) is 12.7. The summed E-state index contributed by atoms with van der Waals surface area (Å²) in [4.78, 5) is 12.2. The van der Waals surface area contributed by atoms with E-state index in [1.165, 1.54) is 11.8 Å². The van der Waals surface area contributed by atoms with Crippen LogP contribution in [0.1, 0.15) is 11.4 Å². The number of para-hydroxylation sites is 1. The van der Waals surface area contributed by atoms with Gasteiger partial charge in [-0.15, -0.1) is 10.2 Å². The van der Waals surface area contributed by atoms with Crippen LogP contribution in [0, 0.1) is 6.92 Å². The topological polar surface area (TPSA) is 69.0 Å². The van der Waals surface area contributed by atoms with Gasteiger partial charge in [0.15, 0.2) is 11.0 Å². The molecule has 28 heavy (non-hydrogen) atoms. The van der Waals surface area contributed by atoms with E-state index in [2.05, 4.69) is 15.5 Å². The van der Waals surface area contributed by atoms with Gasteiger partial charge in [0.1, 0.15) is 12.4 Å². The van der Waals surface area contributed by atoms with Crippen molar-refractivity contribution in [1.29, 1.82) is 0 Å². The number of carbonyl (C=O) groups is 1. The van der Waals surface area contributed by atoms with Crippen molar-refractivity contribution in [2.24, 2.45) is 7.05 Å². The number of halogens is 2. The zero-order chi connectivity index (χ0) is 20.1. The first-order valence-electron chi connectivity index (χ1n) is 8.38. The summed E-state index contributed by atoms with van der Waals surface area (Å²) in [6.07, 6.45) is 0. The Kier molecular flexibility index (Phi) is 6.83. The number of carbonyl (C=O) groups excluding carboxylic acids is 1. The minimum atomic E-state index is -0.213. The monoisotopic (exact) mass is 436 g/mol. The Morgan fingerprint density at radius 1 is 1.21 bits per heavy atom. The van der Waals surface area contributed by atoms with Gasteiger partial charge in [-0.3, -0.25) is 4.79 Å². The number of nitrogens with zero attached hydrogens (tertiary/aromatic N) is 3. The van der Waals surface area contributed by atoms with Crippen LogP contribution in [0.5, 0.6) is 5.75 Å². The van der Waals surface area contributed by atoms with Crippen molar-refractivity contribution >= 4 is 46.6 Å². The number of anilines is 1. The van der Waals surface area contributed by atoms with E-state index < -0.39 is 0 Å². The average molecular weight is 437 g/mol. The molecular formula is C19H18Cl2N4O2S. The molecule has 0 fully saturated rings. The van der Waals surface area contributed by atoms with Gasteiger partial charge in [0.2, 0.25) is 5.91 Å². The lowest BCUT2D eigenvalue weighted by Gasteiger charge is -2.09. The highest BCUT2D eigenvalue weighted by Gasteiger charge is 2.13. The van der Waals surface area contributed by atoms with Crippen molar-refractivity contribution in [3.63, 3.8) is 0 Å². The molecule has 0 spiro atoms. The van der Waals surface area contributed by atoms with Crippen LogP contribution in [0.3, 0.4) is 0 Å². The third-order valence-corrected chi connectivity index (χ3v) is 5.50. The second-order valence-corrected chi connectivity index (χ2v) is 7.76. The van der Waals surface area contributed by atoms with Crippen LogP contribution >= 0.6 is 35.0 Å². The summed E-state index contributed by atoms with van der Waals surface area (Å²) >= 11 is 13.3. The van der Waals surface area contributed by atoms with Gasteiger partial charge in [-0.05, 0) is 36.8 Å². The number of aromatic nitrogens is 3. The van der Waals surface area contributed by atoms with Crippen molar-refractivity contribution in [3.8, 4) is 5.75 Å². The molecule has 0 atom stereocenters. The molecule has 3 rings (SSSR count). The molecule has 0 bridgehead atoms. The Balaban J connectivity index is 1.56. The second kappa shape index (κ2) is 9.32. The Bertz CT molecular complexity index is 994. The van der Waals surface area contributed by atoms with Crippen molar-refractivity contribution in [2.45, 2.75) is 18.7 Å². The SMILES string of the molecule is Cc1ccccc1OCc1nnc(SCC(=O)Nc2cc(Cl)ccc2Cl)n1C. The zero-order valence-electron chi connectivity index (χ0n) is 15.3. The molecular weight excluding hydrogens is 419 g/mol. The fourth-order valence-electron chi connectivity index (χ4n) is 2.37. The van der Waals surface area contributed by atoms with Crippen LogP contribution in [0.4, 0.5) is 5.69 Å². The van der Waals surface area contributed by atoms with Crippen molar-refractivity contribution < 1.29 is 9.53 Å². The molecule has 0 saturated carbocycles. The van der Waals surface area contributed by atoms with E-state index in [1.807, 2.05) is 42.8 Å². The number of benzene rings is 2. The third kappa shape index (κ3) is 5.19. The number of rotatable bonds is 7. The molecule has 0 aliphatic heterocycles. The molecule has 3 aromatic rings. The Morgan fingerprint density at radius 3 is 2.79 bits per heavy atom. The molecule has 0 aliphatic rings. The standard InChI is InChI=1S/C19H18Cl2N4O2S/c1-12-5-3-4-6-16(12)27-10-17-23-24-19(25(17)2)28-11-18(26)22-15-9-13(20)7-8-14(15)21/h3-9H,10-11H2,1-2H3,(H,22,26). The van der Waals surface area contributed by atoms with E-state index in [-0.39, 0.29) is 11.7 Å². The van der Waals surface area contributed by atoms with Crippen molar-refractivity contribution in [1.82, 2.24) is 14.8 Å². The number of ether oxygens (including phenoxy) is 1. The number of nitrogens with one attached hydrogen (secondary N) is 1. The van der Waals surface area contributed by atoms with E-state index in [1.54, 1.807) is 18.2 Å². The smallest absolute Gasteiger partial charge is 0.234 e. The molecule has 0 unspecified atom stereocenters. The number of thioether (sulfide) groups is 1. The number of hydrogen-bond donors (Lipinski definition) is 1. The minimum absolute atomic E-state index is 0.160. The Hall–Kier alpha value is -2.22. The fourth-order valence-corrected chi connectivity index (χ4v) is 3.43. The summed E-state index contributed by atoms with van der Waals surface area (Å²) < 4.78 is 7.62. The molecule has 146 valence electrons. The lowest BCUT2D eigenvalue weighted by atomic mass is 10.2. The molecule has 2 aromatic carbocycles. The van der Waals surface area contributed by atoms with Gasteiger partial charge in [0.05, 0.1) is 16.5 Å². The molecule has 1 heterocycles. The highest BCUT2D eigenvalue weighted by atomic mass is 35.5. The predicted molar refractivity (Wildman–Crippen MR) is 112 cm³/mol. The van der Waals surface area contributed by atoms with Crippen molar-refractivity contribution in [3.05, 3.63) is 63.9 Å². The van der Waals surface area contributed by atoms with Crippen LogP contribution in [-0.2, 0) is 18.4 Å². The van der Waals surface area contributed by atoms with Gasteiger partial charge >= 0.3 is 0 Å². The zero-order valence-corrected chi connectivity index (χ0v) is 17.6. The Morgan fingerprint density at radius 2 is 2.00 bits per heavy atom. The first-order chi connectivity index (χ1) is 13.4. The molecule has 0 radical (unpaired) electrons. The highest BCUT2D eigenvalue weighted by molar-refractivity contribution is 7.99. The maximum atomic E-state index is 12.2. The quantitative estimate of drug-likeness (QED) is 0.541. The van der Waals surface area contributed by atoms with E-state index in [9.17, 15) is 4.79 Å². The lowest BCUT2D eigenvalue weighted by molar-refractivity contribution is -0.113. The number of hydrogen-bond acceptors (Lipinski definition) is 5. The Labute approximate surface area is 177 Å². The maximum absolute atomic E-state index is 12.2. The van der Waals surface area contributed by atoms with E-state index in [0.717, 1.165) is 11.3 Å². The van der Waals surface area contributed by atoms with E-state index in [4.69, 9.17) is 27.9 Å². The second-order valence-electron chi connectivity index (χ2n) is 5.97. The first-order valence-corrected chi connectivity index (χ1v) is 10.1. The molecule has 0 saturated heterocycles. The van der Waals surface area contributed by atoms with Crippen LogP contribution in [-0.4, -0.2) is 26.4 Å². The predicted octanol–water partition coefficient (Wildman–Crippen LogP) is 4.74. The maximum Gasteiger partial charge on any atom is 0.234 e. The van der Waals surface area contributed by atoms with Crippen LogP contribution < -0.4 is 10.1 Å². The van der Waals surface area contributed by atoms with Crippen LogP contribution in [0.2, 0.25) is 10.0 Å². The van der Waals surface area contributed by atoms with Gasteiger partial charge < -0.3 is 14.6 Å². The number of aryl methyl sites for hydroxylation is 1. The summed E-state index contributed by atoms with van der Waals surface area (Å²) in [5.41, 5.74) is 1.53. The molecule has 0 aliphatic carbocycles. The summed E-state index contributed by atoms with van der Waals surface area (Å²) in [7, 11) is 1.84. The summed E-state index contributed by atoms with van der Waals surface area (Å²) in [6.45, 7) is 2.28. The number of amides is 1.